The van der Waals surface area contributed by atoms with Crippen molar-refractivity contribution in [2.24, 2.45) is 5.92 Å². The Morgan fingerprint density at radius 1 is 1.35 bits per heavy atom. The van der Waals surface area contributed by atoms with Gasteiger partial charge in [-0.3, -0.25) is 15.0 Å². The lowest BCUT2D eigenvalue weighted by Gasteiger charge is -2.32. The van der Waals surface area contributed by atoms with Gasteiger partial charge in [0.1, 0.15) is 0 Å². The van der Waals surface area contributed by atoms with Crippen LogP contribution in [0.1, 0.15) is 29.9 Å². The van der Waals surface area contributed by atoms with Crippen molar-refractivity contribution in [1.29, 1.82) is 0 Å². The molecule has 0 unspecified atom stereocenters. The van der Waals surface area contributed by atoms with E-state index in [1.165, 1.54) is 30.8 Å². The van der Waals surface area contributed by atoms with Crippen LogP contribution in [0.25, 0.3) is 0 Å². The van der Waals surface area contributed by atoms with Crippen LogP contribution in [0.15, 0.2) is 30.5 Å². The Morgan fingerprint density at radius 2 is 2.30 bits per heavy atom. The van der Waals surface area contributed by atoms with Gasteiger partial charge in [-0.15, -0.1) is 0 Å². The van der Waals surface area contributed by atoms with E-state index in [-0.39, 0.29) is 0 Å². The summed E-state index contributed by atoms with van der Waals surface area (Å²) in [6, 6.07) is 8.37. The molecule has 1 atom stereocenters. The van der Waals surface area contributed by atoms with Gasteiger partial charge in [-0.2, -0.15) is 5.10 Å². The van der Waals surface area contributed by atoms with Gasteiger partial charge in [0.2, 0.25) is 0 Å². The lowest BCUT2D eigenvalue weighted by Crippen LogP contribution is -2.36. The quantitative estimate of drug-likeness (QED) is 0.928. The first-order chi connectivity index (χ1) is 9.79. The number of hydrogen-bond acceptors (Lipinski definition) is 3. The molecule has 20 heavy (non-hydrogen) atoms. The van der Waals surface area contributed by atoms with Gasteiger partial charge in [-0.1, -0.05) is 6.07 Å². The predicted molar refractivity (Wildman–Crippen MR) is 79.3 cm³/mol. The topological polar surface area (TPSA) is 44.8 Å². The van der Waals surface area contributed by atoms with Gasteiger partial charge in [0.15, 0.2) is 0 Å². The van der Waals surface area contributed by atoms with E-state index in [0.717, 1.165) is 31.1 Å². The van der Waals surface area contributed by atoms with Gasteiger partial charge in [0, 0.05) is 30.7 Å². The molecule has 106 valence electrons. The fourth-order valence-electron chi connectivity index (χ4n) is 3.09. The van der Waals surface area contributed by atoms with Crippen molar-refractivity contribution >= 4 is 0 Å². The van der Waals surface area contributed by atoms with Crippen molar-refractivity contribution in [2.45, 2.75) is 32.7 Å². The number of aryl methyl sites for hydroxylation is 1. The number of pyridine rings is 1. The third kappa shape index (κ3) is 3.45. The molecule has 3 heterocycles. The number of H-pyrrole nitrogens is 1. The Hall–Kier alpha value is -1.68. The van der Waals surface area contributed by atoms with E-state index >= 15 is 0 Å². The number of nitrogens with zero attached hydrogens (tertiary/aromatic N) is 3. The first-order valence-corrected chi connectivity index (χ1v) is 7.43. The molecule has 0 aromatic carbocycles. The van der Waals surface area contributed by atoms with Crippen molar-refractivity contribution in [3.63, 3.8) is 0 Å². The van der Waals surface area contributed by atoms with Gasteiger partial charge < -0.3 is 0 Å². The second-order valence-corrected chi connectivity index (χ2v) is 5.80. The number of nitrogens with one attached hydrogen (secondary N) is 1. The summed E-state index contributed by atoms with van der Waals surface area (Å²) in [4.78, 5) is 7.14. The monoisotopic (exact) mass is 270 g/mol. The lowest BCUT2D eigenvalue weighted by molar-refractivity contribution is 0.164. The normalized spacial score (nSPS) is 20.1. The first kappa shape index (κ1) is 13.3. The fourth-order valence-corrected chi connectivity index (χ4v) is 3.09. The highest BCUT2D eigenvalue weighted by molar-refractivity contribution is 5.10. The second-order valence-electron chi connectivity index (χ2n) is 5.80. The van der Waals surface area contributed by atoms with E-state index in [9.17, 15) is 0 Å². The van der Waals surface area contributed by atoms with E-state index in [1.807, 2.05) is 6.20 Å². The largest absolute Gasteiger partial charge is 0.297 e. The van der Waals surface area contributed by atoms with Crippen LogP contribution in [0, 0.1) is 12.8 Å². The molecule has 2 aromatic rings. The molecule has 0 saturated carbocycles. The van der Waals surface area contributed by atoms with Gasteiger partial charge in [-0.05, 0) is 56.8 Å². The molecule has 3 rings (SSSR count). The van der Waals surface area contributed by atoms with Gasteiger partial charge in [0.05, 0.1) is 5.69 Å². The molecule has 1 aliphatic rings. The molecule has 2 aromatic heterocycles. The number of aromatic amines is 1. The van der Waals surface area contributed by atoms with Crippen molar-refractivity contribution in [3.8, 4) is 0 Å². The molecule has 4 nitrogen and oxygen atoms in total. The van der Waals surface area contributed by atoms with Crippen molar-refractivity contribution in [3.05, 3.63) is 47.5 Å². The van der Waals surface area contributed by atoms with E-state index in [1.54, 1.807) is 0 Å². The molecule has 1 saturated heterocycles. The maximum absolute atomic E-state index is 4.61. The molecule has 0 radical (unpaired) electrons. The number of rotatable bonds is 4. The zero-order chi connectivity index (χ0) is 13.8. The maximum Gasteiger partial charge on any atom is 0.0547 e. The van der Waals surface area contributed by atoms with E-state index < -0.39 is 0 Å². The molecule has 0 spiro atoms. The smallest absolute Gasteiger partial charge is 0.0547 e. The molecule has 0 amide bonds. The zero-order valence-corrected chi connectivity index (χ0v) is 12.0. The van der Waals surface area contributed by atoms with Crippen LogP contribution in [-0.4, -0.2) is 33.2 Å². The number of aromatic nitrogens is 3. The van der Waals surface area contributed by atoms with Crippen LogP contribution in [0.4, 0.5) is 0 Å². The van der Waals surface area contributed by atoms with E-state index in [2.05, 4.69) is 51.3 Å². The van der Waals surface area contributed by atoms with Crippen LogP contribution in [0.5, 0.6) is 0 Å². The zero-order valence-electron chi connectivity index (χ0n) is 12.0. The van der Waals surface area contributed by atoms with Crippen molar-refractivity contribution in [1.82, 2.24) is 20.1 Å². The van der Waals surface area contributed by atoms with Crippen LogP contribution in [-0.2, 0) is 13.0 Å². The molecule has 4 heteroatoms. The van der Waals surface area contributed by atoms with Crippen LogP contribution < -0.4 is 0 Å². The van der Waals surface area contributed by atoms with Gasteiger partial charge in [-0.25, -0.2) is 0 Å². The van der Waals surface area contributed by atoms with E-state index in [0.29, 0.717) is 0 Å². The minimum absolute atomic E-state index is 0.731. The Balaban J connectivity index is 1.57. The molecular weight excluding hydrogens is 248 g/mol. The van der Waals surface area contributed by atoms with Gasteiger partial charge in [0.25, 0.3) is 0 Å². The fraction of sp³-hybridized carbons (Fsp3) is 0.500. The Labute approximate surface area is 120 Å². The average Bonchev–Trinajstić information content (AvgIpc) is 2.92. The summed E-state index contributed by atoms with van der Waals surface area (Å²) in [7, 11) is 0. The Bertz CT molecular complexity index is 535. The molecule has 0 bridgehead atoms. The summed E-state index contributed by atoms with van der Waals surface area (Å²) in [6.45, 7) is 5.38. The molecule has 1 fully saturated rings. The third-order valence-corrected chi connectivity index (χ3v) is 4.00. The number of hydrogen-bond donors (Lipinski definition) is 1. The summed E-state index contributed by atoms with van der Waals surface area (Å²) >= 11 is 0. The van der Waals surface area contributed by atoms with E-state index in [4.69, 9.17) is 0 Å². The minimum atomic E-state index is 0.731. The minimum Gasteiger partial charge on any atom is -0.297 e. The second kappa shape index (κ2) is 6.18. The van der Waals surface area contributed by atoms with Crippen LogP contribution in [0.2, 0.25) is 0 Å². The molecule has 0 aliphatic carbocycles. The molecule has 1 aliphatic heterocycles. The van der Waals surface area contributed by atoms with Crippen LogP contribution >= 0.6 is 0 Å². The summed E-state index contributed by atoms with van der Waals surface area (Å²) in [6.07, 6.45) is 5.55. The summed E-state index contributed by atoms with van der Waals surface area (Å²) in [5.41, 5.74) is 3.55. The SMILES string of the molecule is Cc1cccc(CN2CCC[C@H](Cc3ccn[nH]3)C2)n1. The number of piperidine rings is 1. The van der Waals surface area contributed by atoms with Gasteiger partial charge >= 0.3 is 0 Å². The predicted octanol–water partition coefficient (Wildman–Crippen LogP) is 2.57. The average molecular weight is 270 g/mol. The summed E-state index contributed by atoms with van der Waals surface area (Å²) in [5.74, 6) is 0.731. The summed E-state index contributed by atoms with van der Waals surface area (Å²) in [5, 5.41) is 7.11. The lowest BCUT2D eigenvalue weighted by atomic mass is 9.93. The number of likely N-dealkylation sites (tertiary alicyclic amines) is 1. The summed E-state index contributed by atoms with van der Waals surface area (Å²) < 4.78 is 0. The molecule has 1 N–H and O–H groups in total. The highest BCUT2D eigenvalue weighted by atomic mass is 15.1. The first-order valence-electron chi connectivity index (χ1n) is 7.43. The van der Waals surface area contributed by atoms with Crippen molar-refractivity contribution in [2.75, 3.05) is 13.1 Å². The maximum atomic E-state index is 4.61. The Kier molecular flexibility index (Phi) is 4.11. The van der Waals surface area contributed by atoms with Crippen molar-refractivity contribution < 1.29 is 0 Å². The van der Waals surface area contributed by atoms with Crippen LogP contribution in [0.3, 0.4) is 0 Å². The standard InChI is InChI=1S/C16H22N4/c1-13-4-2-6-16(18-13)12-20-9-3-5-14(11-20)10-15-7-8-17-19-15/h2,4,6-8,14H,3,5,9-12H2,1H3,(H,17,19)/t14-/m1/s1. The highest BCUT2D eigenvalue weighted by Crippen LogP contribution is 2.21. The Morgan fingerprint density at radius 3 is 3.10 bits per heavy atom. The highest BCUT2D eigenvalue weighted by Gasteiger charge is 2.20. The molecular formula is C16H22N4. The third-order valence-electron chi connectivity index (χ3n) is 4.00.